The molecule has 164 valence electrons. The molecule has 0 aliphatic carbocycles. The maximum absolute atomic E-state index is 12.5. The number of hydrogen-bond acceptors (Lipinski definition) is 5. The molecule has 31 heavy (non-hydrogen) atoms. The van der Waals surface area contributed by atoms with Crippen molar-refractivity contribution in [2.24, 2.45) is 0 Å². The lowest BCUT2D eigenvalue weighted by Crippen LogP contribution is -2.23. The highest BCUT2D eigenvalue weighted by Crippen LogP contribution is 2.26. The number of halogens is 3. The lowest BCUT2D eigenvalue weighted by molar-refractivity contribution is -0.274. The van der Waals surface area contributed by atoms with E-state index < -0.39 is 11.6 Å². The standard InChI is InChI=1S/C21H21F3N4O2S/c1-3-28-18(13-15-7-5-4-6-8-15)26-27-20(28)31-14(2)19(29)25-16-9-11-17(12-10-16)30-21(22,23)24/h4-12,14H,3,13H2,1-2H3,(H,25,29). The summed E-state index contributed by atoms with van der Waals surface area (Å²) in [5.74, 6) is 0.156. The van der Waals surface area contributed by atoms with Gasteiger partial charge >= 0.3 is 6.36 Å². The van der Waals surface area contributed by atoms with Crippen LogP contribution in [0.15, 0.2) is 59.8 Å². The van der Waals surface area contributed by atoms with Gasteiger partial charge in [-0.05, 0) is 43.7 Å². The Hall–Kier alpha value is -3.01. The van der Waals surface area contributed by atoms with Crippen molar-refractivity contribution < 1.29 is 22.7 Å². The number of amides is 1. The molecular formula is C21H21F3N4O2S. The van der Waals surface area contributed by atoms with Gasteiger partial charge in [0.25, 0.3) is 0 Å². The van der Waals surface area contributed by atoms with E-state index in [0.717, 1.165) is 23.5 Å². The molecule has 0 spiro atoms. The topological polar surface area (TPSA) is 69.0 Å². The zero-order chi connectivity index (χ0) is 22.4. The van der Waals surface area contributed by atoms with E-state index in [0.29, 0.717) is 23.8 Å². The van der Waals surface area contributed by atoms with Gasteiger partial charge in [-0.15, -0.1) is 23.4 Å². The van der Waals surface area contributed by atoms with Crippen LogP contribution < -0.4 is 10.1 Å². The van der Waals surface area contributed by atoms with E-state index in [1.165, 1.54) is 23.9 Å². The second-order valence-electron chi connectivity index (χ2n) is 6.63. The molecule has 0 fully saturated rings. The molecule has 0 radical (unpaired) electrons. The first-order valence-corrected chi connectivity index (χ1v) is 10.4. The molecule has 3 aromatic rings. The number of rotatable bonds is 8. The number of alkyl halides is 3. The summed E-state index contributed by atoms with van der Waals surface area (Å²) in [5.41, 5.74) is 1.48. The molecule has 1 N–H and O–H groups in total. The Morgan fingerprint density at radius 1 is 1.13 bits per heavy atom. The molecule has 1 heterocycles. The van der Waals surface area contributed by atoms with Gasteiger partial charge in [0.2, 0.25) is 5.91 Å². The Labute approximate surface area is 181 Å². The first-order valence-electron chi connectivity index (χ1n) is 9.54. The van der Waals surface area contributed by atoms with E-state index >= 15 is 0 Å². The summed E-state index contributed by atoms with van der Waals surface area (Å²) in [6.07, 6.45) is -4.13. The van der Waals surface area contributed by atoms with Gasteiger partial charge in [0.05, 0.1) is 5.25 Å². The minimum atomic E-state index is -4.76. The molecule has 2 aromatic carbocycles. The number of nitrogens with zero attached hydrogens (tertiary/aromatic N) is 3. The molecular weight excluding hydrogens is 429 g/mol. The van der Waals surface area contributed by atoms with Crippen molar-refractivity contribution in [1.29, 1.82) is 0 Å². The molecule has 1 amide bonds. The van der Waals surface area contributed by atoms with Gasteiger partial charge in [0.15, 0.2) is 5.16 Å². The van der Waals surface area contributed by atoms with Gasteiger partial charge in [-0.1, -0.05) is 42.1 Å². The zero-order valence-electron chi connectivity index (χ0n) is 16.9. The normalized spacial score (nSPS) is 12.4. The second kappa shape index (κ2) is 9.86. The molecule has 10 heteroatoms. The number of thioether (sulfide) groups is 1. The predicted molar refractivity (Wildman–Crippen MR) is 112 cm³/mol. The second-order valence-corrected chi connectivity index (χ2v) is 7.93. The van der Waals surface area contributed by atoms with E-state index in [1.54, 1.807) is 6.92 Å². The van der Waals surface area contributed by atoms with E-state index in [9.17, 15) is 18.0 Å². The first kappa shape index (κ1) is 22.7. The lowest BCUT2D eigenvalue weighted by atomic mass is 10.1. The fraction of sp³-hybridized carbons (Fsp3) is 0.286. The molecule has 0 saturated carbocycles. The number of hydrogen-bond donors (Lipinski definition) is 1. The van der Waals surface area contributed by atoms with Crippen molar-refractivity contribution in [2.75, 3.05) is 5.32 Å². The van der Waals surface area contributed by atoms with Gasteiger partial charge in [-0.3, -0.25) is 4.79 Å². The van der Waals surface area contributed by atoms with Crippen molar-refractivity contribution in [3.8, 4) is 5.75 Å². The summed E-state index contributed by atoms with van der Waals surface area (Å²) < 4.78 is 42.5. The summed E-state index contributed by atoms with van der Waals surface area (Å²) in [7, 11) is 0. The predicted octanol–water partition coefficient (Wildman–Crippen LogP) is 4.91. The van der Waals surface area contributed by atoms with Gasteiger partial charge < -0.3 is 14.6 Å². The number of anilines is 1. The third-order valence-corrected chi connectivity index (χ3v) is 5.40. The highest BCUT2D eigenvalue weighted by molar-refractivity contribution is 8.00. The van der Waals surface area contributed by atoms with Crippen molar-refractivity contribution in [1.82, 2.24) is 14.8 Å². The van der Waals surface area contributed by atoms with Crippen LogP contribution in [0.3, 0.4) is 0 Å². The van der Waals surface area contributed by atoms with Crippen LogP contribution in [-0.2, 0) is 17.8 Å². The number of aromatic nitrogens is 3. The van der Waals surface area contributed by atoms with E-state index in [-0.39, 0.29) is 11.7 Å². The molecule has 0 aliphatic heterocycles. The van der Waals surface area contributed by atoms with Crippen LogP contribution in [0.4, 0.5) is 18.9 Å². The molecule has 0 aliphatic rings. The largest absolute Gasteiger partial charge is 0.573 e. The van der Waals surface area contributed by atoms with Crippen LogP contribution in [0.5, 0.6) is 5.75 Å². The Kier molecular flexibility index (Phi) is 7.21. The van der Waals surface area contributed by atoms with Crippen molar-refractivity contribution in [3.63, 3.8) is 0 Å². The molecule has 6 nitrogen and oxygen atoms in total. The molecule has 0 saturated heterocycles. The lowest BCUT2D eigenvalue weighted by Gasteiger charge is -2.13. The van der Waals surface area contributed by atoms with E-state index in [2.05, 4.69) is 20.3 Å². The highest BCUT2D eigenvalue weighted by Gasteiger charge is 2.31. The zero-order valence-corrected chi connectivity index (χ0v) is 17.7. The number of benzene rings is 2. The van der Waals surface area contributed by atoms with Crippen molar-refractivity contribution in [3.05, 3.63) is 66.0 Å². The van der Waals surface area contributed by atoms with Gasteiger partial charge in [0, 0.05) is 18.7 Å². The van der Waals surface area contributed by atoms with Crippen LogP contribution >= 0.6 is 11.8 Å². The molecule has 1 unspecified atom stereocenters. The summed E-state index contributed by atoms with van der Waals surface area (Å²) >= 11 is 1.27. The van der Waals surface area contributed by atoms with Crippen molar-refractivity contribution >= 4 is 23.4 Å². The molecule has 1 atom stereocenters. The summed E-state index contributed by atoms with van der Waals surface area (Å²) in [6.45, 7) is 4.37. The van der Waals surface area contributed by atoms with Crippen LogP contribution in [0.2, 0.25) is 0 Å². The van der Waals surface area contributed by atoms with E-state index in [4.69, 9.17) is 0 Å². The first-order chi connectivity index (χ1) is 14.7. The maximum atomic E-state index is 12.5. The van der Waals surface area contributed by atoms with E-state index in [1.807, 2.05) is 41.8 Å². The number of carbonyl (C=O) groups is 1. The average Bonchev–Trinajstić information content (AvgIpc) is 3.10. The molecule has 1 aromatic heterocycles. The fourth-order valence-corrected chi connectivity index (χ4v) is 3.76. The number of carbonyl (C=O) groups excluding carboxylic acids is 1. The fourth-order valence-electron chi connectivity index (χ4n) is 2.83. The summed E-state index contributed by atoms with van der Waals surface area (Å²) in [5, 5.41) is 11.3. The Bertz CT molecular complexity index is 1010. The van der Waals surface area contributed by atoms with Gasteiger partial charge in [0.1, 0.15) is 11.6 Å². The average molecular weight is 450 g/mol. The number of ether oxygens (including phenoxy) is 1. The van der Waals surface area contributed by atoms with Gasteiger partial charge in [-0.25, -0.2) is 0 Å². The minimum absolute atomic E-state index is 0.301. The molecule has 0 bridgehead atoms. The smallest absolute Gasteiger partial charge is 0.406 e. The van der Waals surface area contributed by atoms with Crippen LogP contribution in [-0.4, -0.2) is 32.3 Å². The highest BCUT2D eigenvalue weighted by atomic mass is 32.2. The van der Waals surface area contributed by atoms with Gasteiger partial charge in [-0.2, -0.15) is 0 Å². The maximum Gasteiger partial charge on any atom is 0.573 e. The van der Waals surface area contributed by atoms with Crippen molar-refractivity contribution in [2.45, 2.75) is 43.6 Å². The third kappa shape index (κ3) is 6.48. The monoisotopic (exact) mass is 450 g/mol. The minimum Gasteiger partial charge on any atom is -0.406 e. The quantitative estimate of drug-likeness (QED) is 0.494. The van der Waals surface area contributed by atoms with Crippen LogP contribution in [0.1, 0.15) is 25.2 Å². The summed E-state index contributed by atoms with van der Waals surface area (Å²) in [6, 6.07) is 14.9. The Balaban J connectivity index is 1.62. The Morgan fingerprint density at radius 3 is 2.42 bits per heavy atom. The SMILES string of the molecule is CCn1c(Cc2ccccc2)nnc1SC(C)C(=O)Nc1ccc(OC(F)(F)F)cc1. The molecule has 3 rings (SSSR count). The van der Waals surface area contributed by atoms with Crippen LogP contribution in [0.25, 0.3) is 0 Å². The third-order valence-electron chi connectivity index (χ3n) is 4.32. The number of nitrogens with one attached hydrogen (secondary N) is 1. The summed E-state index contributed by atoms with van der Waals surface area (Å²) in [4.78, 5) is 12.5. The Morgan fingerprint density at radius 2 is 1.81 bits per heavy atom. The van der Waals surface area contributed by atoms with Crippen LogP contribution in [0, 0.1) is 0 Å².